The molecule has 0 aromatic heterocycles. The largest absolute Gasteiger partial charge is 0.398 e. The van der Waals surface area contributed by atoms with Crippen molar-refractivity contribution in [1.29, 1.82) is 0 Å². The van der Waals surface area contributed by atoms with Crippen molar-refractivity contribution in [2.75, 3.05) is 5.73 Å². The van der Waals surface area contributed by atoms with Crippen LogP contribution in [0.15, 0.2) is 24.3 Å². The van der Waals surface area contributed by atoms with E-state index < -0.39 is 5.54 Å². The van der Waals surface area contributed by atoms with Gasteiger partial charge in [-0.3, -0.25) is 0 Å². The molecular formula is C11H12N2O. The standard InChI is InChI=1S/C11H12N2O/c12-10-5-1-4-9-8(10)3-2-6-11(9,13)7-14/h1-5,7H,6,12-13H2. The van der Waals surface area contributed by atoms with Gasteiger partial charge in [-0.2, -0.15) is 0 Å². The zero-order chi connectivity index (χ0) is 10.2. The summed E-state index contributed by atoms with van der Waals surface area (Å²) in [5.41, 5.74) is 13.2. The number of rotatable bonds is 1. The van der Waals surface area contributed by atoms with Crippen LogP contribution in [0.1, 0.15) is 17.5 Å². The zero-order valence-corrected chi connectivity index (χ0v) is 7.73. The van der Waals surface area contributed by atoms with Crippen molar-refractivity contribution in [1.82, 2.24) is 0 Å². The number of hydrogen-bond donors (Lipinski definition) is 2. The summed E-state index contributed by atoms with van der Waals surface area (Å²) in [5, 5.41) is 0. The Hall–Kier alpha value is -1.61. The Bertz CT molecular complexity index is 412. The SMILES string of the molecule is Nc1cccc2c1C=CCC2(N)C=O. The first-order chi connectivity index (χ1) is 6.67. The van der Waals surface area contributed by atoms with Crippen LogP contribution >= 0.6 is 0 Å². The summed E-state index contributed by atoms with van der Waals surface area (Å²) in [5.74, 6) is 0. The fourth-order valence-corrected chi connectivity index (χ4v) is 1.77. The van der Waals surface area contributed by atoms with Gasteiger partial charge >= 0.3 is 0 Å². The molecule has 1 aromatic rings. The summed E-state index contributed by atoms with van der Waals surface area (Å²) in [6.45, 7) is 0. The molecule has 0 saturated carbocycles. The van der Waals surface area contributed by atoms with Crippen molar-refractivity contribution in [3.63, 3.8) is 0 Å². The smallest absolute Gasteiger partial charge is 0.144 e. The molecule has 0 fully saturated rings. The predicted octanol–water partition coefficient (Wildman–Crippen LogP) is 1.04. The van der Waals surface area contributed by atoms with Crippen molar-refractivity contribution in [2.24, 2.45) is 5.73 Å². The molecule has 0 saturated heterocycles. The van der Waals surface area contributed by atoms with Gasteiger partial charge in [-0.1, -0.05) is 24.3 Å². The van der Waals surface area contributed by atoms with Gasteiger partial charge in [0.2, 0.25) is 0 Å². The molecule has 14 heavy (non-hydrogen) atoms. The van der Waals surface area contributed by atoms with Gasteiger partial charge in [0, 0.05) is 11.3 Å². The number of fused-ring (bicyclic) bond motifs is 1. The molecule has 4 N–H and O–H groups in total. The molecule has 1 aromatic carbocycles. The highest BCUT2D eigenvalue weighted by Crippen LogP contribution is 2.32. The van der Waals surface area contributed by atoms with E-state index in [0.717, 1.165) is 17.4 Å². The lowest BCUT2D eigenvalue weighted by Gasteiger charge is -2.27. The Labute approximate surface area is 82.4 Å². The third kappa shape index (κ3) is 1.14. The van der Waals surface area contributed by atoms with Crippen molar-refractivity contribution in [2.45, 2.75) is 12.0 Å². The summed E-state index contributed by atoms with van der Waals surface area (Å²) in [7, 11) is 0. The van der Waals surface area contributed by atoms with Crippen LogP contribution in [0.2, 0.25) is 0 Å². The third-order valence-electron chi connectivity index (χ3n) is 2.59. The Balaban J connectivity index is 2.68. The molecule has 0 spiro atoms. The number of nitrogen functional groups attached to an aromatic ring is 1. The van der Waals surface area contributed by atoms with Crippen molar-refractivity contribution >= 4 is 18.0 Å². The fraction of sp³-hybridized carbons (Fsp3) is 0.182. The van der Waals surface area contributed by atoms with Crippen LogP contribution in [0.25, 0.3) is 6.08 Å². The number of benzene rings is 1. The molecule has 72 valence electrons. The monoisotopic (exact) mass is 188 g/mol. The first kappa shape index (κ1) is 8.97. The molecule has 1 aliphatic carbocycles. The Morgan fingerprint density at radius 1 is 1.43 bits per heavy atom. The molecule has 1 aliphatic rings. The lowest BCUT2D eigenvalue weighted by Crippen LogP contribution is -2.39. The van der Waals surface area contributed by atoms with E-state index in [0.29, 0.717) is 12.1 Å². The highest BCUT2D eigenvalue weighted by molar-refractivity contribution is 5.79. The third-order valence-corrected chi connectivity index (χ3v) is 2.59. The Kier molecular flexibility index (Phi) is 1.89. The van der Waals surface area contributed by atoms with Gasteiger partial charge in [0.1, 0.15) is 11.8 Å². The number of aldehydes is 1. The van der Waals surface area contributed by atoms with Crippen LogP contribution in [0.5, 0.6) is 0 Å². The maximum absolute atomic E-state index is 11.0. The molecule has 2 rings (SSSR count). The van der Waals surface area contributed by atoms with E-state index in [1.165, 1.54) is 0 Å². The average molecular weight is 188 g/mol. The van der Waals surface area contributed by atoms with Crippen LogP contribution in [-0.4, -0.2) is 6.29 Å². The van der Waals surface area contributed by atoms with Crippen LogP contribution < -0.4 is 11.5 Å². The zero-order valence-electron chi connectivity index (χ0n) is 7.73. The molecule has 0 aliphatic heterocycles. The number of nitrogens with two attached hydrogens (primary N) is 2. The molecule has 1 unspecified atom stereocenters. The molecule has 0 bridgehead atoms. The number of hydrogen-bond acceptors (Lipinski definition) is 3. The van der Waals surface area contributed by atoms with Gasteiger partial charge in [-0.25, -0.2) is 0 Å². The maximum Gasteiger partial charge on any atom is 0.144 e. The van der Waals surface area contributed by atoms with E-state index in [1.54, 1.807) is 6.07 Å². The second-order valence-electron chi connectivity index (χ2n) is 3.57. The lowest BCUT2D eigenvalue weighted by atomic mass is 9.81. The van der Waals surface area contributed by atoms with Crippen LogP contribution in [0, 0.1) is 0 Å². The van der Waals surface area contributed by atoms with Crippen molar-refractivity contribution in [3.8, 4) is 0 Å². The number of carbonyl (C=O) groups is 1. The number of carbonyl (C=O) groups excluding carboxylic acids is 1. The van der Waals surface area contributed by atoms with Gasteiger partial charge in [0.15, 0.2) is 0 Å². The molecule has 0 heterocycles. The minimum Gasteiger partial charge on any atom is -0.398 e. The molecule has 1 atom stereocenters. The summed E-state index contributed by atoms with van der Waals surface area (Å²) in [6.07, 6.45) is 5.12. The van der Waals surface area contributed by atoms with Crippen molar-refractivity contribution in [3.05, 3.63) is 35.4 Å². The minimum atomic E-state index is -0.903. The quantitative estimate of drug-likeness (QED) is 0.511. The topological polar surface area (TPSA) is 69.1 Å². The summed E-state index contributed by atoms with van der Waals surface area (Å²) < 4.78 is 0. The summed E-state index contributed by atoms with van der Waals surface area (Å²) in [4.78, 5) is 11.0. The van der Waals surface area contributed by atoms with E-state index in [2.05, 4.69) is 0 Å². The second-order valence-corrected chi connectivity index (χ2v) is 3.57. The summed E-state index contributed by atoms with van der Waals surface area (Å²) >= 11 is 0. The molecular weight excluding hydrogens is 176 g/mol. The van der Waals surface area contributed by atoms with E-state index in [-0.39, 0.29) is 0 Å². The van der Waals surface area contributed by atoms with Crippen LogP contribution in [-0.2, 0) is 10.3 Å². The van der Waals surface area contributed by atoms with Gasteiger partial charge < -0.3 is 16.3 Å². The molecule has 0 amide bonds. The molecule has 3 nitrogen and oxygen atoms in total. The summed E-state index contributed by atoms with van der Waals surface area (Å²) in [6, 6.07) is 5.47. The maximum atomic E-state index is 11.0. The van der Waals surface area contributed by atoms with E-state index in [4.69, 9.17) is 11.5 Å². The minimum absolute atomic E-state index is 0.535. The van der Waals surface area contributed by atoms with E-state index in [1.807, 2.05) is 24.3 Å². The second kappa shape index (κ2) is 2.96. The van der Waals surface area contributed by atoms with Gasteiger partial charge in [0.25, 0.3) is 0 Å². The number of anilines is 1. The first-order valence-corrected chi connectivity index (χ1v) is 4.48. The van der Waals surface area contributed by atoms with Crippen LogP contribution in [0.4, 0.5) is 5.69 Å². The van der Waals surface area contributed by atoms with Gasteiger partial charge in [-0.15, -0.1) is 0 Å². The fourth-order valence-electron chi connectivity index (χ4n) is 1.77. The van der Waals surface area contributed by atoms with Gasteiger partial charge in [-0.05, 0) is 18.1 Å². The first-order valence-electron chi connectivity index (χ1n) is 4.48. The lowest BCUT2D eigenvalue weighted by molar-refractivity contribution is -0.112. The Morgan fingerprint density at radius 3 is 2.93 bits per heavy atom. The highest BCUT2D eigenvalue weighted by Gasteiger charge is 2.30. The predicted molar refractivity (Wildman–Crippen MR) is 56.4 cm³/mol. The van der Waals surface area contributed by atoms with Gasteiger partial charge in [0.05, 0.1) is 0 Å². The molecule has 0 radical (unpaired) electrons. The highest BCUT2D eigenvalue weighted by atomic mass is 16.1. The van der Waals surface area contributed by atoms with E-state index in [9.17, 15) is 4.79 Å². The average Bonchev–Trinajstić information content (AvgIpc) is 2.20. The van der Waals surface area contributed by atoms with Crippen LogP contribution in [0.3, 0.4) is 0 Å². The molecule has 3 heteroatoms. The normalized spacial score (nSPS) is 24.4. The van der Waals surface area contributed by atoms with E-state index >= 15 is 0 Å². The van der Waals surface area contributed by atoms with Crippen molar-refractivity contribution < 1.29 is 4.79 Å². The Morgan fingerprint density at radius 2 is 2.21 bits per heavy atom.